The van der Waals surface area contributed by atoms with Gasteiger partial charge in [0.05, 0.1) is 18.2 Å². The molecule has 0 aliphatic rings. The average Bonchev–Trinajstić information content (AvgIpc) is 2.67. The maximum Gasteiger partial charge on any atom is 0.289 e. The monoisotopic (exact) mass is 393 g/mol. The van der Waals surface area contributed by atoms with Crippen molar-refractivity contribution in [3.63, 3.8) is 0 Å². The van der Waals surface area contributed by atoms with Gasteiger partial charge in [0.2, 0.25) is 5.88 Å². The summed E-state index contributed by atoms with van der Waals surface area (Å²) in [7, 11) is 0. The zero-order chi connectivity index (χ0) is 19.6. The lowest BCUT2D eigenvalue weighted by Crippen LogP contribution is -2.44. The summed E-state index contributed by atoms with van der Waals surface area (Å²) in [6.07, 6.45) is 0. The lowest BCUT2D eigenvalue weighted by Gasteiger charge is -2.12. The molecule has 0 radical (unpaired) electrons. The molecule has 0 bridgehead atoms. The van der Waals surface area contributed by atoms with Gasteiger partial charge in [0, 0.05) is 6.07 Å². The van der Waals surface area contributed by atoms with Crippen molar-refractivity contribution in [2.45, 2.75) is 13.8 Å². The first kappa shape index (κ1) is 20.3. The van der Waals surface area contributed by atoms with E-state index in [0.29, 0.717) is 24.7 Å². The van der Waals surface area contributed by atoms with Crippen molar-refractivity contribution >= 4 is 23.4 Å². The van der Waals surface area contributed by atoms with Gasteiger partial charge in [-0.1, -0.05) is 23.7 Å². The lowest BCUT2D eigenvalue weighted by atomic mass is 10.3. The quantitative estimate of drug-likeness (QED) is 0.668. The topological polar surface area (TPSA) is 98.8 Å². The highest BCUT2D eigenvalue weighted by Gasteiger charge is 2.15. The number of hydrogen-bond donors (Lipinski definition) is 2. The van der Waals surface area contributed by atoms with E-state index in [1.165, 1.54) is 6.07 Å². The van der Waals surface area contributed by atoms with Crippen LogP contribution in [0.25, 0.3) is 0 Å². The van der Waals surface area contributed by atoms with Gasteiger partial charge in [-0.25, -0.2) is 4.98 Å². The number of nitrogens with zero attached hydrogens (tertiary/aromatic N) is 1. The molecule has 1 aromatic carbocycles. The summed E-state index contributed by atoms with van der Waals surface area (Å²) < 4.78 is 16.0. The number of rotatable bonds is 8. The fraction of sp³-hybridized carbons (Fsp3) is 0.278. The first-order valence-electron chi connectivity index (χ1n) is 8.28. The number of amides is 2. The standard InChI is InChI=1S/C18H20ClN3O5/c1-3-25-13-7-5-6-8-14(13)27-11-15(23)21-22-18(24)17-12(19)9-10-16(20-17)26-4-2/h5-10H,3-4,11H2,1-2H3,(H,21,23)(H,22,24). The van der Waals surface area contributed by atoms with E-state index < -0.39 is 11.8 Å². The number of nitrogens with one attached hydrogen (secondary N) is 2. The van der Waals surface area contributed by atoms with Gasteiger partial charge >= 0.3 is 0 Å². The first-order chi connectivity index (χ1) is 13.0. The van der Waals surface area contributed by atoms with Crippen LogP contribution in [0.15, 0.2) is 36.4 Å². The van der Waals surface area contributed by atoms with Crippen molar-refractivity contribution in [1.82, 2.24) is 15.8 Å². The second-order valence-corrected chi connectivity index (χ2v) is 5.49. The molecule has 0 unspecified atom stereocenters. The summed E-state index contributed by atoms with van der Waals surface area (Å²) in [4.78, 5) is 28.1. The third-order valence-corrected chi connectivity index (χ3v) is 3.46. The second kappa shape index (κ2) is 10.2. The predicted molar refractivity (Wildman–Crippen MR) is 99.1 cm³/mol. The van der Waals surface area contributed by atoms with Gasteiger partial charge in [0.25, 0.3) is 11.8 Å². The summed E-state index contributed by atoms with van der Waals surface area (Å²) in [5, 5.41) is 0.132. The molecule has 1 aromatic heterocycles. The number of para-hydroxylation sites is 2. The Labute approximate surface area is 161 Å². The van der Waals surface area contributed by atoms with Gasteiger partial charge in [-0.05, 0) is 32.0 Å². The summed E-state index contributed by atoms with van der Waals surface area (Å²) in [5.74, 6) is -0.0268. The predicted octanol–water partition coefficient (Wildman–Crippen LogP) is 2.37. The molecule has 2 amide bonds. The molecule has 144 valence electrons. The van der Waals surface area contributed by atoms with Crippen molar-refractivity contribution in [1.29, 1.82) is 0 Å². The minimum absolute atomic E-state index is 0.0643. The highest BCUT2D eigenvalue weighted by atomic mass is 35.5. The largest absolute Gasteiger partial charge is 0.490 e. The Morgan fingerprint density at radius 2 is 1.63 bits per heavy atom. The minimum Gasteiger partial charge on any atom is -0.490 e. The molecule has 0 aliphatic carbocycles. The van der Waals surface area contributed by atoms with Crippen LogP contribution in [0.5, 0.6) is 17.4 Å². The highest BCUT2D eigenvalue weighted by Crippen LogP contribution is 2.26. The van der Waals surface area contributed by atoms with E-state index >= 15 is 0 Å². The number of aromatic nitrogens is 1. The van der Waals surface area contributed by atoms with Crippen LogP contribution in [0.2, 0.25) is 5.02 Å². The third-order valence-electron chi connectivity index (χ3n) is 3.15. The van der Waals surface area contributed by atoms with E-state index in [1.807, 2.05) is 6.92 Å². The number of carbonyl (C=O) groups excluding carboxylic acids is 2. The fourth-order valence-corrected chi connectivity index (χ4v) is 2.21. The zero-order valence-electron chi connectivity index (χ0n) is 15.0. The van der Waals surface area contributed by atoms with Crippen molar-refractivity contribution < 1.29 is 23.8 Å². The molecule has 0 aliphatic heterocycles. The molecular weight excluding hydrogens is 374 g/mol. The molecule has 0 atom stereocenters. The van der Waals surface area contributed by atoms with Crippen LogP contribution < -0.4 is 25.1 Å². The Bertz CT molecular complexity index is 800. The molecule has 2 N–H and O–H groups in total. The molecule has 2 rings (SSSR count). The Kier molecular flexibility index (Phi) is 7.69. The number of pyridine rings is 1. The molecule has 1 heterocycles. The summed E-state index contributed by atoms with van der Waals surface area (Å²) in [5.41, 5.74) is 4.41. The highest BCUT2D eigenvalue weighted by molar-refractivity contribution is 6.33. The SMILES string of the molecule is CCOc1ccc(Cl)c(C(=O)NNC(=O)COc2ccccc2OCC)n1. The van der Waals surface area contributed by atoms with Gasteiger partial charge in [-0.15, -0.1) is 0 Å². The van der Waals surface area contributed by atoms with E-state index in [0.717, 1.165) is 0 Å². The van der Waals surface area contributed by atoms with Gasteiger partial charge in [-0.2, -0.15) is 0 Å². The second-order valence-electron chi connectivity index (χ2n) is 5.08. The molecule has 27 heavy (non-hydrogen) atoms. The van der Waals surface area contributed by atoms with Crippen LogP contribution in [0.1, 0.15) is 24.3 Å². The maximum atomic E-state index is 12.2. The smallest absolute Gasteiger partial charge is 0.289 e. The number of ether oxygens (including phenoxy) is 3. The number of hydrogen-bond acceptors (Lipinski definition) is 6. The molecule has 8 nitrogen and oxygen atoms in total. The van der Waals surface area contributed by atoms with Crippen molar-refractivity contribution in [2.24, 2.45) is 0 Å². The van der Waals surface area contributed by atoms with E-state index in [2.05, 4.69) is 15.8 Å². The van der Waals surface area contributed by atoms with Gasteiger partial charge in [0.1, 0.15) is 0 Å². The summed E-state index contributed by atoms with van der Waals surface area (Å²) in [6.45, 7) is 4.19. The van der Waals surface area contributed by atoms with Crippen LogP contribution in [0, 0.1) is 0 Å². The van der Waals surface area contributed by atoms with Crippen molar-refractivity contribution in [3.8, 4) is 17.4 Å². The maximum absolute atomic E-state index is 12.2. The Morgan fingerprint density at radius 1 is 0.963 bits per heavy atom. The van der Waals surface area contributed by atoms with E-state index in [4.69, 9.17) is 25.8 Å². The number of hydrazine groups is 1. The number of carbonyl (C=O) groups is 2. The molecule has 2 aromatic rings. The van der Waals surface area contributed by atoms with E-state index in [-0.39, 0.29) is 23.2 Å². The molecule has 0 saturated carbocycles. The fourth-order valence-electron chi connectivity index (χ4n) is 2.02. The Balaban J connectivity index is 1.89. The molecule has 9 heteroatoms. The third kappa shape index (κ3) is 6.03. The number of halogens is 1. The summed E-state index contributed by atoms with van der Waals surface area (Å²) in [6, 6.07) is 10.0. The Morgan fingerprint density at radius 3 is 2.30 bits per heavy atom. The van der Waals surface area contributed by atoms with E-state index in [1.54, 1.807) is 37.3 Å². The number of benzene rings is 1. The van der Waals surface area contributed by atoms with Gasteiger partial charge < -0.3 is 14.2 Å². The minimum atomic E-state index is -0.676. The van der Waals surface area contributed by atoms with Crippen LogP contribution in [0.3, 0.4) is 0 Å². The molecule has 0 saturated heterocycles. The lowest BCUT2D eigenvalue weighted by molar-refractivity contribution is -0.123. The van der Waals surface area contributed by atoms with Crippen LogP contribution >= 0.6 is 11.6 Å². The molecule has 0 spiro atoms. The zero-order valence-corrected chi connectivity index (χ0v) is 15.7. The van der Waals surface area contributed by atoms with Crippen LogP contribution in [-0.4, -0.2) is 36.6 Å². The average molecular weight is 394 g/mol. The van der Waals surface area contributed by atoms with Crippen LogP contribution in [-0.2, 0) is 4.79 Å². The van der Waals surface area contributed by atoms with E-state index in [9.17, 15) is 9.59 Å². The Hall–Kier alpha value is -3.00. The van der Waals surface area contributed by atoms with Crippen molar-refractivity contribution in [2.75, 3.05) is 19.8 Å². The first-order valence-corrected chi connectivity index (χ1v) is 8.66. The van der Waals surface area contributed by atoms with Crippen LogP contribution in [0.4, 0.5) is 0 Å². The van der Waals surface area contributed by atoms with Crippen molar-refractivity contribution in [3.05, 3.63) is 47.1 Å². The molecule has 0 fully saturated rings. The normalized spacial score (nSPS) is 10.0. The van der Waals surface area contributed by atoms with Gasteiger partial charge in [0.15, 0.2) is 23.8 Å². The summed E-state index contributed by atoms with van der Waals surface area (Å²) >= 11 is 5.96. The van der Waals surface area contributed by atoms with Gasteiger partial charge in [-0.3, -0.25) is 20.4 Å². The molecular formula is C18H20ClN3O5.